The summed E-state index contributed by atoms with van der Waals surface area (Å²) >= 11 is 0. The Morgan fingerprint density at radius 1 is 0.759 bits per heavy atom. The summed E-state index contributed by atoms with van der Waals surface area (Å²) in [6, 6.07) is 14.0. The van der Waals surface area contributed by atoms with Crippen LogP contribution in [0.25, 0.3) is 0 Å². The van der Waals surface area contributed by atoms with Crippen LogP contribution in [0, 0.1) is 0 Å². The maximum atomic E-state index is 13.3. The lowest BCUT2D eigenvalue weighted by atomic mass is 9.79. The van der Waals surface area contributed by atoms with Gasteiger partial charge in [0.05, 0.1) is 0 Å². The number of aryl methyl sites for hydroxylation is 1. The van der Waals surface area contributed by atoms with Crippen LogP contribution in [0.3, 0.4) is 0 Å². The highest BCUT2D eigenvalue weighted by atomic mass is 16.2. The van der Waals surface area contributed by atoms with Crippen molar-refractivity contribution < 1.29 is 9.59 Å². The topological polar surface area (TPSA) is 34.1 Å². The van der Waals surface area contributed by atoms with Gasteiger partial charge in [0.25, 0.3) is 0 Å². The molecule has 156 valence electrons. The summed E-state index contributed by atoms with van der Waals surface area (Å²) in [5.74, 6) is 0.0884. The van der Waals surface area contributed by atoms with Gasteiger partial charge in [-0.15, -0.1) is 0 Å². The van der Waals surface area contributed by atoms with Crippen LogP contribution in [0.2, 0.25) is 0 Å². The number of carbonyl (C=O) groups is 2. The van der Waals surface area contributed by atoms with Gasteiger partial charge in [-0.2, -0.15) is 0 Å². The first kappa shape index (κ1) is 23.1. The molecule has 0 unspecified atom stereocenters. The van der Waals surface area contributed by atoms with Gasteiger partial charge in [0.15, 0.2) is 0 Å². The number of Topliss-reactive ketones (excluding diaryl/α,β-unsaturated/α-hetero) is 2. The predicted molar refractivity (Wildman–Crippen MR) is 122 cm³/mol. The first-order valence-corrected chi connectivity index (χ1v) is 11.3. The number of hydrogen-bond acceptors (Lipinski definition) is 2. The van der Waals surface area contributed by atoms with Crippen LogP contribution >= 0.6 is 0 Å². The molecule has 0 saturated heterocycles. The van der Waals surface area contributed by atoms with Gasteiger partial charge in [-0.1, -0.05) is 77.1 Å². The summed E-state index contributed by atoms with van der Waals surface area (Å²) in [6.45, 7) is 10.8. The molecular weight excluding hydrogens is 356 g/mol. The van der Waals surface area contributed by atoms with Crippen molar-refractivity contribution in [3.63, 3.8) is 0 Å². The molecule has 0 saturated carbocycles. The van der Waals surface area contributed by atoms with E-state index in [1.54, 1.807) is 0 Å². The third-order valence-corrected chi connectivity index (χ3v) is 6.22. The smallest absolute Gasteiger partial charge is 0.229 e. The average molecular weight is 393 g/mol. The Balaban J connectivity index is 2.44. The van der Waals surface area contributed by atoms with Crippen molar-refractivity contribution in [2.24, 2.45) is 0 Å². The highest BCUT2D eigenvalue weighted by Crippen LogP contribution is 2.36. The van der Waals surface area contributed by atoms with Crippen molar-refractivity contribution in [2.75, 3.05) is 0 Å². The van der Waals surface area contributed by atoms with E-state index in [1.807, 2.05) is 30.3 Å². The molecule has 0 fully saturated rings. The van der Waals surface area contributed by atoms with Crippen LogP contribution in [0.15, 0.2) is 42.5 Å². The van der Waals surface area contributed by atoms with Crippen molar-refractivity contribution >= 4 is 11.6 Å². The fourth-order valence-corrected chi connectivity index (χ4v) is 4.39. The van der Waals surface area contributed by atoms with Gasteiger partial charge < -0.3 is 0 Å². The van der Waals surface area contributed by atoms with E-state index in [0.717, 1.165) is 43.2 Å². The zero-order valence-electron chi connectivity index (χ0n) is 18.8. The minimum Gasteiger partial charge on any atom is -0.290 e. The molecule has 2 rings (SSSR count). The van der Waals surface area contributed by atoms with Gasteiger partial charge in [-0.05, 0) is 66.2 Å². The maximum Gasteiger partial charge on any atom is 0.229 e. The van der Waals surface area contributed by atoms with Crippen LogP contribution in [0.1, 0.15) is 105 Å². The van der Waals surface area contributed by atoms with E-state index in [9.17, 15) is 9.59 Å². The fourth-order valence-electron chi connectivity index (χ4n) is 4.39. The zero-order valence-corrected chi connectivity index (χ0v) is 18.8. The fraction of sp³-hybridized carbons (Fsp3) is 0.481. The Bertz CT molecular complexity index is 826. The number of carbonyl (C=O) groups excluding carboxylic acids is 2. The van der Waals surface area contributed by atoms with Crippen molar-refractivity contribution in [1.82, 2.24) is 0 Å². The lowest BCUT2D eigenvalue weighted by molar-refractivity contribution is -0.114. The van der Waals surface area contributed by atoms with Crippen molar-refractivity contribution in [3.05, 3.63) is 70.3 Å². The van der Waals surface area contributed by atoms with Crippen LogP contribution < -0.4 is 0 Å². The summed E-state index contributed by atoms with van der Waals surface area (Å²) in [5, 5.41) is 0. The van der Waals surface area contributed by atoms with E-state index in [2.05, 4.69) is 46.8 Å². The molecule has 0 aromatic heterocycles. The number of benzene rings is 2. The standard InChI is InChI=1S/C27H36O2/c1-6-19-13-11-14-20(17-19)18-25(28)27(29)24-16-12-15-23(21(7-2)8-3)26(24)22(9-4)10-5/h11-17,21-22H,6-10,18H2,1-5H3. The largest absolute Gasteiger partial charge is 0.290 e. The Kier molecular flexibility index (Phi) is 8.82. The maximum absolute atomic E-state index is 13.3. The molecule has 0 aliphatic heterocycles. The lowest BCUT2D eigenvalue weighted by Gasteiger charge is -2.25. The molecule has 0 amide bonds. The number of rotatable bonds is 11. The third kappa shape index (κ3) is 5.44. The highest BCUT2D eigenvalue weighted by molar-refractivity contribution is 6.44. The summed E-state index contributed by atoms with van der Waals surface area (Å²) in [7, 11) is 0. The van der Waals surface area contributed by atoms with E-state index in [-0.39, 0.29) is 18.0 Å². The SMILES string of the molecule is CCc1cccc(CC(=O)C(=O)c2cccc(C(CC)CC)c2C(CC)CC)c1. The molecule has 2 aromatic carbocycles. The van der Waals surface area contributed by atoms with Crippen molar-refractivity contribution in [1.29, 1.82) is 0 Å². The van der Waals surface area contributed by atoms with Crippen molar-refractivity contribution in [2.45, 2.75) is 85.0 Å². The third-order valence-electron chi connectivity index (χ3n) is 6.22. The second-order valence-electron chi connectivity index (χ2n) is 7.94. The second-order valence-corrected chi connectivity index (χ2v) is 7.94. The van der Waals surface area contributed by atoms with Crippen LogP contribution in [-0.4, -0.2) is 11.6 Å². The molecule has 0 atom stereocenters. The summed E-state index contributed by atoms with van der Waals surface area (Å²) in [5.41, 5.74) is 5.11. The second kappa shape index (κ2) is 11.1. The first-order chi connectivity index (χ1) is 14.0. The molecule has 0 aliphatic carbocycles. The molecule has 0 spiro atoms. The first-order valence-electron chi connectivity index (χ1n) is 11.3. The Morgan fingerprint density at radius 3 is 1.93 bits per heavy atom. The Hall–Kier alpha value is -2.22. The highest BCUT2D eigenvalue weighted by Gasteiger charge is 2.26. The van der Waals surface area contributed by atoms with E-state index < -0.39 is 0 Å². The van der Waals surface area contributed by atoms with Gasteiger partial charge in [0.2, 0.25) is 11.6 Å². The van der Waals surface area contributed by atoms with E-state index in [4.69, 9.17) is 0 Å². The monoisotopic (exact) mass is 392 g/mol. The quantitative estimate of drug-likeness (QED) is 0.303. The molecule has 0 heterocycles. The average Bonchev–Trinajstić information content (AvgIpc) is 2.75. The molecule has 0 N–H and O–H groups in total. The van der Waals surface area contributed by atoms with Gasteiger partial charge in [-0.3, -0.25) is 9.59 Å². The molecule has 0 radical (unpaired) electrons. The molecule has 2 heteroatoms. The molecule has 0 bridgehead atoms. The van der Waals surface area contributed by atoms with Gasteiger partial charge >= 0.3 is 0 Å². The Labute approximate surface area is 176 Å². The lowest BCUT2D eigenvalue weighted by Crippen LogP contribution is -2.21. The van der Waals surface area contributed by atoms with Gasteiger partial charge in [-0.25, -0.2) is 0 Å². The summed E-state index contributed by atoms with van der Waals surface area (Å²) in [4.78, 5) is 26.2. The summed E-state index contributed by atoms with van der Waals surface area (Å²) in [6.07, 6.45) is 5.12. The predicted octanol–water partition coefficient (Wildman–Crippen LogP) is 7.05. The van der Waals surface area contributed by atoms with Crippen LogP contribution in [0.4, 0.5) is 0 Å². The minimum absolute atomic E-state index is 0.171. The van der Waals surface area contributed by atoms with E-state index in [0.29, 0.717) is 17.4 Å². The molecule has 2 aromatic rings. The number of hydrogen-bond donors (Lipinski definition) is 0. The van der Waals surface area contributed by atoms with Crippen LogP contribution in [-0.2, 0) is 17.6 Å². The normalized spacial score (nSPS) is 11.3. The van der Waals surface area contributed by atoms with E-state index >= 15 is 0 Å². The van der Waals surface area contributed by atoms with Crippen molar-refractivity contribution in [3.8, 4) is 0 Å². The molecule has 0 aliphatic rings. The zero-order chi connectivity index (χ0) is 21.4. The minimum atomic E-state index is -0.332. The van der Waals surface area contributed by atoms with Gasteiger partial charge in [0, 0.05) is 12.0 Å². The summed E-state index contributed by atoms with van der Waals surface area (Å²) < 4.78 is 0. The molecule has 2 nitrogen and oxygen atoms in total. The van der Waals surface area contributed by atoms with E-state index in [1.165, 1.54) is 11.1 Å². The Morgan fingerprint density at radius 2 is 1.34 bits per heavy atom. The molecular formula is C27H36O2. The van der Waals surface area contributed by atoms with Gasteiger partial charge in [0.1, 0.15) is 0 Å². The van der Waals surface area contributed by atoms with Crippen LogP contribution in [0.5, 0.6) is 0 Å². The number of ketones is 2. The molecule has 29 heavy (non-hydrogen) atoms.